The van der Waals surface area contributed by atoms with E-state index in [0.29, 0.717) is 18.7 Å². The summed E-state index contributed by atoms with van der Waals surface area (Å²) in [6, 6.07) is 11.0. The maximum atomic E-state index is 12.1. The number of nitrogens with zero attached hydrogens (tertiary/aromatic N) is 1. The van der Waals surface area contributed by atoms with Gasteiger partial charge >= 0.3 is 5.97 Å². The third-order valence-corrected chi connectivity index (χ3v) is 5.26. The molecule has 0 aliphatic carbocycles. The van der Waals surface area contributed by atoms with Gasteiger partial charge in [0.2, 0.25) is 5.91 Å². The highest BCUT2D eigenvalue weighted by molar-refractivity contribution is 5.91. The highest BCUT2D eigenvalue weighted by atomic mass is 16.5. The fourth-order valence-corrected chi connectivity index (χ4v) is 3.66. The number of amides is 1. The molecule has 2 aromatic rings. The number of anilines is 2. The minimum atomic E-state index is -0.972. The van der Waals surface area contributed by atoms with Gasteiger partial charge in [0.15, 0.2) is 0 Å². The third-order valence-electron chi connectivity index (χ3n) is 5.26. The summed E-state index contributed by atoms with van der Waals surface area (Å²) in [7, 11) is 1.55. The summed E-state index contributed by atoms with van der Waals surface area (Å²) in [5.74, 6) is -0.353. The van der Waals surface area contributed by atoms with Crippen LogP contribution in [0, 0.1) is 0 Å². The summed E-state index contributed by atoms with van der Waals surface area (Å²) in [4.78, 5) is 25.6. The first-order chi connectivity index (χ1) is 14.0. The lowest BCUT2D eigenvalue weighted by Crippen LogP contribution is -2.20. The maximum absolute atomic E-state index is 12.1. The average molecular weight is 396 g/mol. The fourth-order valence-electron chi connectivity index (χ4n) is 3.66. The van der Waals surface area contributed by atoms with E-state index in [9.17, 15) is 14.7 Å². The van der Waals surface area contributed by atoms with Crippen LogP contribution in [-0.4, -0.2) is 30.6 Å². The van der Waals surface area contributed by atoms with Gasteiger partial charge in [0.05, 0.1) is 12.7 Å². The zero-order valence-electron chi connectivity index (χ0n) is 17.0. The SMILES string of the molecule is CCCCCC(=O)Nc1ccc2c(c1)N(Cc1ccc(C(=O)O)cc1OC)CC2. The Bertz CT molecular complexity index is 894. The molecule has 0 saturated carbocycles. The van der Waals surface area contributed by atoms with Gasteiger partial charge in [-0.05, 0) is 42.7 Å². The quantitative estimate of drug-likeness (QED) is 0.611. The van der Waals surface area contributed by atoms with Crippen LogP contribution in [0.2, 0.25) is 0 Å². The number of carbonyl (C=O) groups is 2. The summed E-state index contributed by atoms with van der Waals surface area (Å²) < 4.78 is 5.41. The molecule has 154 valence electrons. The Kier molecular flexibility index (Phi) is 6.75. The summed E-state index contributed by atoms with van der Waals surface area (Å²) in [5, 5.41) is 12.2. The zero-order valence-corrected chi connectivity index (χ0v) is 17.0. The van der Waals surface area contributed by atoms with Crippen LogP contribution in [-0.2, 0) is 17.8 Å². The van der Waals surface area contributed by atoms with Gasteiger partial charge in [0, 0.05) is 36.4 Å². The number of aromatic carboxylic acids is 1. The molecule has 0 aromatic heterocycles. The first kappa shape index (κ1) is 20.7. The Hall–Kier alpha value is -3.02. The van der Waals surface area contributed by atoms with Crippen molar-refractivity contribution in [2.24, 2.45) is 0 Å². The van der Waals surface area contributed by atoms with Crippen molar-refractivity contribution in [3.05, 3.63) is 53.1 Å². The molecule has 1 aliphatic rings. The second-order valence-electron chi connectivity index (χ2n) is 7.35. The lowest BCUT2D eigenvalue weighted by Gasteiger charge is -2.22. The molecule has 3 rings (SSSR count). The molecule has 2 aromatic carbocycles. The summed E-state index contributed by atoms with van der Waals surface area (Å²) in [6.07, 6.45) is 4.55. The van der Waals surface area contributed by atoms with Crippen molar-refractivity contribution in [1.82, 2.24) is 0 Å². The van der Waals surface area contributed by atoms with Crippen LogP contribution in [0.25, 0.3) is 0 Å². The molecular weight excluding hydrogens is 368 g/mol. The highest BCUT2D eigenvalue weighted by Gasteiger charge is 2.21. The minimum absolute atomic E-state index is 0.0499. The maximum Gasteiger partial charge on any atom is 0.335 e. The van der Waals surface area contributed by atoms with Crippen molar-refractivity contribution in [2.75, 3.05) is 23.9 Å². The number of nitrogens with one attached hydrogen (secondary N) is 1. The standard InChI is InChI=1S/C23H28N2O4/c1-3-4-5-6-22(26)24-19-10-9-16-11-12-25(20(16)14-19)15-18-8-7-17(23(27)28)13-21(18)29-2/h7-10,13-14H,3-6,11-12,15H2,1-2H3,(H,24,26)(H,27,28). The van der Waals surface area contributed by atoms with Gasteiger partial charge in [0.25, 0.3) is 0 Å². The molecule has 0 spiro atoms. The monoisotopic (exact) mass is 396 g/mol. The number of hydrogen-bond donors (Lipinski definition) is 2. The fraction of sp³-hybridized carbons (Fsp3) is 0.391. The van der Waals surface area contributed by atoms with Crippen molar-refractivity contribution in [3.63, 3.8) is 0 Å². The molecule has 0 unspecified atom stereocenters. The van der Waals surface area contributed by atoms with Crippen molar-refractivity contribution >= 4 is 23.3 Å². The molecule has 2 N–H and O–H groups in total. The highest BCUT2D eigenvalue weighted by Crippen LogP contribution is 2.33. The topological polar surface area (TPSA) is 78.9 Å². The molecule has 29 heavy (non-hydrogen) atoms. The van der Waals surface area contributed by atoms with Crippen molar-refractivity contribution in [1.29, 1.82) is 0 Å². The first-order valence-electron chi connectivity index (χ1n) is 10.1. The van der Waals surface area contributed by atoms with Crippen LogP contribution >= 0.6 is 0 Å². The number of carbonyl (C=O) groups excluding carboxylic acids is 1. The second-order valence-corrected chi connectivity index (χ2v) is 7.35. The number of carboxylic acid groups (broad SMARTS) is 1. The average Bonchev–Trinajstić information content (AvgIpc) is 3.10. The largest absolute Gasteiger partial charge is 0.496 e. The summed E-state index contributed by atoms with van der Waals surface area (Å²) in [5.41, 5.74) is 4.29. The minimum Gasteiger partial charge on any atom is -0.496 e. The Balaban J connectivity index is 1.73. The van der Waals surface area contributed by atoms with E-state index in [-0.39, 0.29) is 11.5 Å². The number of carboxylic acids is 1. The molecule has 1 heterocycles. The lowest BCUT2D eigenvalue weighted by atomic mass is 10.1. The van der Waals surface area contributed by atoms with E-state index in [1.165, 1.54) is 5.56 Å². The van der Waals surface area contributed by atoms with Crippen molar-refractivity contribution in [2.45, 2.75) is 45.6 Å². The van der Waals surface area contributed by atoms with Gasteiger partial charge < -0.3 is 20.1 Å². The molecule has 0 atom stereocenters. The number of fused-ring (bicyclic) bond motifs is 1. The molecule has 0 saturated heterocycles. The second kappa shape index (κ2) is 9.45. The van der Waals surface area contributed by atoms with Crippen LogP contribution < -0.4 is 15.0 Å². The predicted molar refractivity (Wildman–Crippen MR) is 114 cm³/mol. The lowest BCUT2D eigenvalue weighted by molar-refractivity contribution is -0.116. The number of ether oxygens (including phenoxy) is 1. The van der Waals surface area contributed by atoms with Gasteiger partial charge in [-0.15, -0.1) is 0 Å². The summed E-state index contributed by atoms with van der Waals surface area (Å²) >= 11 is 0. The van der Waals surface area contributed by atoms with Crippen LogP contribution in [0.4, 0.5) is 11.4 Å². The van der Waals surface area contributed by atoms with Gasteiger partial charge in [-0.25, -0.2) is 4.79 Å². The molecular formula is C23H28N2O4. The van der Waals surface area contributed by atoms with E-state index in [4.69, 9.17) is 4.74 Å². The molecule has 0 fully saturated rings. The van der Waals surface area contributed by atoms with E-state index in [1.54, 1.807) is 25.3 Å². The van der Waals surface area contributed by atoms with E-state index >= 15 is 0 Å². The predicted octanol–water partition coefficient (Wildman–Crippen LogP) is 4.47. The molecule has 1 amide bonds. The number of rotatable bonds is 9. The van der Waals surface area contributed by atoms with Crippen LogP contribution in [0.15, 0.2) is 36.4 Å². The van der Waals surface area contributed by atoms with Crippen LogP contribution in [0.3, 0.4) is 0 Å². The Morgan fingerprint density at radius 1 is 1.17 bits per heavy atom. The number of methoxy groups -OCH3 is 1. The summed E-state index contributed by atoms with van der Waals surface area (Å²) in [6.45, 7) is 3.61. The number of benzene rings is 2. The van der Waals surface area contributed by atoms with Crippen molar-refractivity contribution in [3.8, 4) is 5.75 Å². The van der Waals surface area contributed by atoms with E-state index in [2.05, 4.69) is 23.2 Å². The van der Waals surface area contributed by atoms with Gasteiger partial charge in [-0.1, -0.05) is 31.9 Å². The first-order valence-corrected chi connectivity index (χ1v) is 10.1. The third kappa shape index (κ3) is 5.08. The van der Waals surface area contributed by atoms with E-state index in [0.717, 1.165) is 49.2 Å². The van der Waals surface area contributed by atoms with Crippen molar-refractivity contribution < 1.29 is 19.4 Å². The zero-order chi connectivity index (χ0) is 20.8. The Morgan fingerprint density at radius 2 is 2.00 bits per heavy atom. The molecule has 6 heteroatoms. The normalized spacial score (nSPS) is 12.6. The van der Waals surface area contributed by atoms with Crippen LogP contribution in [0.1, 0.15) is 54.1 Å². The van der Waals surface area contributed by atoms with Gasteiger partial charge in [0.1, 0.15) is 5.75 Å². The number of hydrogen-bond acceptors (Lipinski definition) is 4. The van der Waals surface area contributed by atoms with E-state index < -0.39 is 5.97 Å². The Morgan fingerprint density at radius 3 is 2.72 bits per heavy atom. The van der Waals surface area contributed by atoms with Crippen LogP contribution in [0.5, 0.6) is 5.75 Å². The molecule has 0 bridgehead atoms. The smallest absolute Gasteiger partial charge is 0.335 e. The van der Waals surface area contributed by atoms with E-state index in [1.807, 2.05) is 12.1 Å². The molecule has 6 nitrogen and oxygen atoms in total. The number of unbranched alkanes of at least 4 members (excludes halogenated alkanes) is 2. The van der Waals surface area contributed by atoms with Gasteiger partial charge in [-0.2, -0.15) is 0 Å². The van der Waals surface area contributed by atoms with Gasteiger partial charge in [-0.3, -0.25) is 4.79 Å². The molecule has 0 radical (unpaired) electrons. The molecule has 1 aliphatic heterocycles. The Labute approximate surface area is 171 Å².